The lowest BCUT2D eigenvalue weighted by Gasteiger charge is -1.90. The van der Waals surface area contributed by atoms with E-state index in [9.17, 15) is 4.79 Å². The minimum Gasteiger partial charge on any atom is -0.475 e. The van der Waals surface area contributed by atoms with Crippen molar-refractivity contribution in [3.8, 4) is 0 Å². The third-order valence-corrected chi connectivity index (χ3v) is 2.57. The molecule has 20 heavy (non-hydrogen) atoms. The molecule has 5 nitrogen and oxygen atoms in total. The monoisotopic (exact) mass is 270 g/mol. The molecule has 5 N–H and O–H groups in total. The molecule has 0 aliphatic heterocycles. The van der Waals surface area contributed by atoms with Crippen LogP contribution >= 0.6 is 0 Å². The Morgan fingerprint density at radius 2 is 1.50 bits per heavy atom. The number of nitrogen functional groups attached to an aromatic ring is 2. The number of anilines is 2. The molecule has 102 valence electrons. The number of fused-ring (bicyclic) bond motifs is 1. The van der Waals surface area contributed by atoms with Gasteiger partial charge in [0.2, 0.25) is 5.76 Å². The zero-order chi connectivity index (χ0) is 14.5. The number of hydrogen-bond donors (Lipinski definition) is 3. The summed E-state index contributed by atoms with van der Waals surface area (Å²) in [7, 11) is 0. The van der Waals surface area contributed by atoms with E-state index in [4.69, 9.17) is 21.0 Å². The van der Waals surface area contributed by atoms with Gasteiger partial charge in [0, 0.05) is 16.8 Å². The lowest BCUT2D eigenvalue weighted by molar-refractivity contribution is 0.0665. The number of rotatable bonds is 1. The minimum atomic E-state index is -1.04. The number of furan rings is 1. The average Bonchev–Trinajstić information content (AvgIpc) is 2.87. The summed E-state index contributed by atoms with van der Waals surface area (Å²) in [6.07, 6.45) is 0. The van der Waals surface area contributed by atoms with Crippen LogP contribution in [-0.4, -0.2) is 11.1 Å². The van der Waals surface area contributed by atoms with Crippen molar-refractivity contribution in [1.29, 1.82) is 0 Å². The largest absolute Gasteiger partial charge is 0.475 e. The van der Waals surface area contributed by atoms with Crippen LogP contribution in [0.4, 0.5) is 11.4 Å². The molecular formula is C15H14N2O3. The Kier molecular flexibility index (Phi) is 3.91. The molecule has 0 saturated heterocycles. The van der Waals surface area contributed by atoms with Gasteiger partial charge in [0.25, 0.3) is 0 Å². The highest BCUT2D eigenvalue weighted by Crippen LogP contribution is 2.18. The van der Waals surface area contributed by atoms with E-state index in [0.717, 1.165) is 16.8 Å². The number of carboxylic acids is 1. The van der Waals surface area contributed by atoms with E-state index in [1.807, 2.05) is 12.1 Å². The van der Waals surface area contributed by atoms with E-state index in [0.29, 0.717) is 5.58 Å². The third-order valence-electron chi connectivity index (χ3n) is 2.57. The number of hydrogen-bond acceptors (Lipinski definition) is 4. The molecule has 0 aliphatic rings. The van der Waals surface area contributed by atoms with Crippen molar-refractivity contribution in [3.05, 3.63) is 60.4 Å². The quantitative estimate of drug-likeness (QED) is 0.590. The van der Waals surface area contributed by atoms with Crippen LogP contribution in [0.3, 0.4) is 0 Å². The predicted molar refractivity (Wildman–Crippen MR) is 78.4 cm³/mol. The number of carboxylic acid groups (broad SMARTS) is 1. The maximum absolute atomic E-state index is 10.5. The van der Waals surface area contributed by atoms with E-state index in [1.54, 1.807) is 36.4 Å². The molecule has 3 rings (SSSR count). The molecule has 5 heteroatoms. The van der Waals surface area contributed by atoms with Gasteiger partial charge in [-0.3, -0.25) is 0 Å². The topological polar surface area (TPSA) is 102 Å². The molecule has 0 amide bonds. The third kappa shape index (κ3) is 3.29. The zero-order valence-corrected chi connectivity index (χ0v) is 10.6. The summed E-state index contributed by atoms with van der Waals surface area (Å²) in [6.45, 7) is 0. The number of carbonyl (C=O) groups is 1. The van der Waals surface area contributed by atoms with E-state index in [1.165, 1.54) is 6.07 Å². The number of para-hydroxylation sites is 1. The average molecular weight is 270 g/mol. The van der Waals surface area contributed by atoms with Gasteiger partial charge in [-0.05, 0) is 36.4 Å². The Hall–Kier alpha value is -2.95. The van der Waals surface area contributed by atoms with Gasteiger partial charge in [-0.1, -0.05) is 18.2 Å². The lowest BCUT2D eigenvalue weighted by Crippen LogP contribution is -1.91. The summed E-state index contributed by atoms with van der Waals surface area (Å²) < 4.78 is 5.03. The van der Waals surface area contributed by atoms with E-state index < -0.39 is 5.97 Å². The van der Waals surface area contributed by atoms with Crippen LogP contribution in [0.2, 0.25) is 0 Å². The molecule has 2 aromatic carbocycles. The molecular weight excluding hydrogens is 256 g/mol. The first-order valence-electron chi connectivity index (χ1n) is 5.89. The second-order valence-electron chi connectivity index (χ2n) is 4.12. The Labute approximate surface area is 115 Å². The molecule has 0 bridgehead atoms. The fourth-order valence-electron chi connectivity index (χ4n) is 1.58. The van der Waals surface area contributed by atoms with Crippen LogP contribution in [0, 0.1) is 0 Å². The summed E-state index contributed by atoms with van der Waals surface area (Å²) in [4.78, 5) is 10.5. The minimum absolute atomic E-state index is 0.0174. The van der Waals surface area contributed by atoms with Crippen molar-refractivity contribution in [1.82, 2.24) is 0 Å². The van der Waals surface area contributed by atoms with Gasteiger partial charge >= 0.3 is 5.97 Å². The predicted octanol–water partition coefficient (Wildman–Crippen LogP) is 2.98. The first-order chi connectivity index (χ1) is 9.56. The van der Waals surface area contributed by atoms with Crippen molar-refractivity contribution in [3.63, 3.8) is 0 Å². The summed E-state index contributed by atoms with van der Waals surface area (Å²) >= 11 is 0. The number of aromatic carboxylic acids is 1. The standard InChI is InChI=1S/C9H6O3.C6H8N2/c10-9(11)8-5-6-3-1-2-4-7(6)12-8;7-5-1-2-6(8)4-3-5/h1-5H,(H,10,11);1-4H,7-8H2. The van der Waals surface area contributed by atoms with Crippen molar-refractivity contribution in [2.75, 3.05) is 11.5 Å². The van der Waals surface area contributed by atoms with Crippen molar-refractivity contribution >= 4 is 28.3 Å². The van der Waals surface area contributed by atoms with Crippen molar-refractivity contribution in [2.24, 2.45) is 0 Å². The number of nitrogens with two attached hydrogens (primary N) is 2. The molecule has 0 radical (unpaired) electrons. The highest BCUT2D eigenvalue weighted by atomic mass is 16.4. The van der Waals surface area contributed by atoms with Crippen LogP contribution in [0.1, 0.15) is 10.6 Å². The van der Waals surface area contributed by atoms with Gasteiger partial charge in [-0.2, -0.15) is 0 Å². The summed E-state index contributed by atoms with van der Waals surface area (Å²) in [6, 6.07) is 15.8. The lowest BCUT2D eigenvalue weighted by atomic mass is 10.2. The smallest absolute Gasteiger partial charge is 0.371 e. The zero-order valence-electron chi connectivity index (χ0n) is 10.6. The SMILES string of the molecule is Nc1ccc(N)cc1.O=C(O)c1cc2ccccc2o1. The Balaban J connectivity index is 0.000000160. The molecule has 0 fully saturated rings. The first-order valence-corrected chi connectivity index (χ1v) is 5.89. The van der Waals surface area contributed by atoms with E-state index in [2.05, 4.69) is 0 Å². The summed E-state index contributed by atoms with van der Waals surface area (Å²) in [5.74, 6) is -1.05. The van der Waals surface area contributed by atoms with Crippen LogP contribution in [-0.2, 0) is 0 Å². The maximum atomic E-state index is 10.5. The Bertz CT molecular complexity index is 663. The number of benzene rings is 2. The highest BCUT2D eigenvalue weighted by Gasteiger charge is 2.08. The van der Waals surface area contributed by atoms with Crippen LogP contribution < -0.4 is 11.5 Å². The van der Waals surface area contributed by atoms with Gasteiger partial charge in [0.1, 0.15) is 5.58 Å². The Morgan fingerprint density at radius 1 is 0.950 bits per heavy atom. The Morgan fingerprint density at radius 3 is 2.00 bits per heavy atom. The van der Waals surface area contributed by atoms with Crippen molar-refractivity contribution in [2.45, 2.75) is 0 Å². The van der Waals surface area contributed by atoms with E-state index >= 15 is 0 Å². The second-order valence-corrected chi connectivity index (χ2v) is 4.12. The molecule has 1 heterocycles. The summed E-state index contributed by atoms with van der Waals surface area (Å²) in [5, 5.41) is 9.41. The van der Waals surface area contributed by atoms with Crippen LogP contribution in [0.5, 0.6) is 0 Å². The fraction of sp³-hybridized carbons (Fsp3) is 0. The second kappa shape index (κ2) is 5.79. The van der Waals surface area contributed by atoms with Gasteiger partial charge < -0.3 is 21.0 Å². The normalized spacial score (nSPS) is 9.80. The molecule has 1 aromatic heterocycles. The van der Waals surface area contributed by atoms with Gasteiger partial charge in [-0.15, -0.1) is 0 Å². The first kappa shape index (κ1) is 13.5. The van der Waals surface area contributed by atoms with Gasteiger partial charge in [0.15, 0.2) is 0 Å². The van der Waals surface area contributed by atoms with E-state index in [-0.39, 0.29) is 5.76 Å². The summed E-state index contributed by atoms with van der Waals surface area (Å²) in [5.41, 5.74) is 12.8. The molecule has 0 atom stereocenters. The molecule has 3 aromatic rings. The van der Waals surface area contributed by atoms with Crippen LogP contribution in [0.15, 0.2) is 59.0 Å². The van der Waals surface area contributed by atoms with Gasteiger partial charge in [-0.25, -0.2) is 4.79 Å². The van der Waals surface area contributed by atoms with Crippen LogP contribution in [0.25, 0.3) is 11.0 Å². The maximum Gasteiger partial charge on any atom is 0.371 e. The van der Waals surface area contributed by atoms with Gasteiger partial charge in [0.05, 0.1) is 0 Å². The molecule has 0 unspecified atom stereocenters. The fourth-order valence-corrected chi connectivity index (χ4v) is 1.58. The highest BCUT2D eigenvalue weighted by molar-refractivity contribution is 5.91. The molecule has 0 saturated carbocycles. The molecule has 0 spiro atoms. The molecule has 0 aliphatic carbocycles. The van der Waals surface area contributed by atoms with Crippen molar-refractivity contribution < 1.29 is 14.3 Å².